The number of unbranched alkanes of at least 4 members (excludes halogenated alkanes) is 4. The average Bonchev–Trinajstić information content (AvgIpc) is 3.06. The van der Waals surface area contributed by atoms with Crippen LogP contribution >= 0.6 is 0 Å². The molecular formula is C34H51N3O6S. The molecule has 0 spiro atoms. The van der Waals surface area contributed by atoms with Crippen LogP contribution in [0.1, 0.15) is 95.1 Å². The number of anilines is 2. The molecule has 10 heteroatoms. The maximum absolute atomic E-state index is 13.9. The lowest BCUT2D eigenvalue weighted by atomic mass is 9.69. The van der Waals surface area contributed by atoms with Crippen LogP contribution in [0.25, 0.3) is 0 Å². The average molecular weight is 630 g/mol. The maximum atomic E-state index is 13.9. The number of carbonyl (C=O) groups is 2. The highest BCUT2D eigenvalue weighted by molar-refractivity contribution is 7.91. The van der Waals surface area contributed by atoms with Crippen LogP contribution in [0.15, 0.2) is 47.4 Å². The van der Waals surface area contributed by atoms with Gasteiger partial charge in [-0.2, -0.15) is 0 Å². The monoisotopic (exact) mass is 629 g/mol. The Hall–Kier alpha value is -2.95. The quantitative estimate of drug-likeness (QED) is 0.163. The lowest BCUT2D eigenvalue weighted by molar-refractivity contribution is -0.122. The van der Waals surface area contributed by atoms with Crippen molar-refractivity contribution < 1.29 is 27.9 Å². The molecule has 244 valence electrons. The van der Waals surface area contributed by atoms with Gasteiger partial charge >= 0.3 is 0 Å². The first-order valence-corrected chi connectivity index (χ1v) is 17.5. The molecule has 0 aliphatic carbocycles. The summed E-state index contributed by atoms with van der Waals surface area (Å²) in [4.78, 5) is 26.7. The second-order valence-electron chi connectivity index (χ2n) is 12.2. The van der Waals surface area contributed by atoms with E-state index in [1.54, 1.807) is 6.07 Å². The first-order chi connectivity index (χ1) is 21.0. The minimum atomic E-state index is -3.68. The molecule has 0 fully saturated rings. The third-order valence-electron chi connectivity index (χ3n) is 8.83. The molecule has 3 unspecified atom stereocenters. The largest absolute Gasteiger partial charge is 0.392 e. The molecule has 0 saturated carbocycles. The summed E-state index contributed by atoms with van der Waals surface area (Å²) >= 11 is 0. The van der Waals surface area contributed by atoms with E-state index in [1.807, 2.05) is 62.3 Å². The highest BCUT2D eigenvalue weighted by Crippen LogP contribution is 2.49. The molecule has 2 aromatic rings. The number of aliphatic hydroxyl groups excluding tert-OH is 1. The van der Waals surface area contributed by atoms with Crippen LogP contribution in [-0.2, 0) is 24.2 Å². The Labute approximate surface area is 263 Å². The van der Waals surface area contributed by atoms with E-state index in [2.05, 4.69) is 17.6 Å². The van der Waals surface area contributed by atoms with Crippen molar-refractivity contribution in [3.8, 4) is 0 Å². The molecule has 1 aliphatic rings. The second kappa shape index (κ2) is 16.4. The molecule has 2 amide bonds. The van der Waals surface area contributed by atoms with E-state index < -0.39 is 27.3 Å². The number of nitrogens with one attached hydrogen (secondary N) is 2. The molecule has 3 atom stereocenters. The van der Waals surface area contributed by atoms with Gasteiger partial charge in [0.05, 0.1) is 16.8 Å². The molecule has 0 aromatic heterocycles. The summed E-state index contributed by atoms with van der Waals surface area (Å²) in [6.07, 6.45) is 5.90. The zero-order chi connectivity index (χ0) is 32.3. The molecule has 9 nitrogen and oxygen atoms in total. The Bertz CT molecular complexity index is 1360. The zero-order valence-corrected chi connectivity index (χ0v) is 27.8. The van der Waals surface area contributed by atoms with Gasteiger partial charge in [0.15, 0.2) is 9.84 Å². The molecule has 3 N–H and O–H groups in total. The van der Waals surface area contributed by atoms with Crippen molar-refractivity contribution in [2.75, 3.05) is 43.9 Å². The maximum Gasteiger partial charge on any atom is 0.224 e. The number of fused-ring (bicyclic) bond motifs is 1. The number of hydrogen-bond donors (Lipinski definition) is 3. The first-order valence-electron chi connectivity index (χ1n) is 15.9. The fraction of sp³-hybridized carbons (Fsp3) is 0.588. The van der Waals surface area contributed by atoms with Crippen LogP contribution in [-0.4, -0.2) is 65.1 Å². The Morgan fingerprint density at radius 1 is 1.00 bits per heavy atom. The van der Waals surface area contributed by atoms with Crippen LogP contribution in [0.4, 0.5) is 11.4 Å². The van der Waals surface area contributed by atoms with Crippen molar-refractivity contribution >= 4 is 33.0 Å². The molecule has 0 saturated heterocycles. The molecular weight excluding hydrogens is 578 g/mol. The number of methoxy groups -OCH3 is 1. The molecule has 0 bridgehead atoms. The molecule has 0 radical (unpaired) electrons. The predicted molar refractivity (Wildman–Crippen MR) is 176 cm³/mol. The Balaban J connectivity index is 1.83. The van der Waals surface area contributed by atoms with Crippen molar-refractivity contribution in [3.63, 3.8) is 0 Å². The first kappa shape index (κ1) is 35.5. The normalized spacial score (nSPS) is 20.8. The second-order valence-corrected chi connectivity index (χ2v) is 14.2. The van der Waals surface area contributed by atoms with Gasteiger partial charge in [-0.1, -0.05) is 51.7 Å². The smallest absolute Gasteiger partial charge is 0.224 e. The fourth-order valence-corrected chi connectivity index (χ4v) is 8.46. The van der Waals surface area contributed by atoms with Crippen LogP contribution in [0.5, 0.6) is 0 Å². The SMILES string of the molecule is CCCCC1(CC)CS(=O)(=O)c2ccc(N(C)C)cc2C(c2cccc(NC(=O)CCCCCCC(=O)NCOC)c2)C1O. The minimum Gasteiger partial charge on any atom is -0.392 e. The van der Waals surface area contributed by atoms with Gasteiger partial charge in [-0.3, -0.25) is 9.59 Å². The third-order valence-corrected chi connectivity index (χ3v) is 10.8. The number of ether oxygens (including phenoxy) is 1. The van der Waals surface area contributed by atoms with E-state index >= 15 is 0 Å². The zero-order valence-electron chi connectivity index (χ0n) is 27.0. The fourth-order valence-electron chi connectivity index (χ4n) is 6.20. The van der Waals surface area contributed by atoms with Crippen molar-refractivity contribution in [1.29, 1.82) is 0 Å². The number of carbonyl (C=O) groups excluding carboxylic acids is 2. The van der Waals surface area contributed by atoms with E-state index in [0.717, 1.165) is 43.4 Å². The lowest BCUT2D eigenvalue weighted by Gasteiger charge is -2.39. The Morgan fingerprint density at radius 2 is 1.70 bits per heavy atom. The number of hydrogen-bond acceptors (Lipinski definition) is 7. The molecule has 1 heterocycles. The van der Waals surface area contributed by atoms with Crippen LogP contribution in [0.3, 0.4) is 0 Å². The topological polar surface area (TPSA) is 125 Å². The van der Waals surface area contributed by atoms with Gasteiger partial charge in [0.25, 0.3) is 0 Å². The van der Waals surface area contributed by atoms with E-state index in [0.29, 0.717) is 43.4 Å². The number of benzene rings is 2. The van der Waals surface area contributed by atoms with Crippen LogP contribution < -0.4 is 15.5 Å². The van der Waals surface area contributed by atoms with E-state index in [9.17, 15) is 23.1 Å². The Morgan fingerprint density at radius 3 is 2.34 bits per heavy atom. The summed E-state index contributed by atoms with van der Waals surface area (Å²) < 4.78 is 32.6. The molecule has 1 aliphatic heterocycles. The standard InChI is InChI=1S/C34H51N3O6S/c1-6-8-20-34(7-2)23-44(41,42)29-19-18-27(37(3)4)22-28(29)32(33(34)40)25-14-13-15-26(21-25)36-31(39)17-12-10-9-11-16-30(38)35-24-43-5/h13-15,18-19,21-22,32-33,40H,6-12,16-17,20,23-24H2,1-5H3,(H,35,38)(H,36,39). The van der Waals surface area contributed by atoms with E-state index in [1.165, 1.54) is 7.11 Å². The summed E-state index contributed by atoms with van der Waals surface area (Å²) in [5, 5.41) is 17.8. The molecule has 2 aromatic carbocycles. The van der Waals surface area contributed by atoms with Gasteiger partial charge in [0.1, 0.15) is 6.73 Å². The lowest BCUT2D eigenvalue weighted by Crippen LogP contribution is -2.42. The van der Waals surface area contributed by atoms with Crippen LogP contribution in [0, 0.1) is 5.41 Å². The van der Waals surface area contributed by atoms with Gasteiger partial charge in [-0.05, 0) is 67.1 Å². The molecule has 3 rings (SSSR count). The van der Waals surface area contributed by atoms with Crippen molar-refractivity contribution in [1.82, 2.24) is 5.32 Å². The van der Waals surface area contributed by atoms with Gasteiger partial charge in [0.2, 0.25) is 11.8 Å². The van der Waals surface area contributed by atoms with Gasteiger partial charge in [-0.15, -0.1) is 0 Å². The van der Waals surface area contributed by atoms with E-state index in [-0.39, 0.29) is 29.2 Å². The number of aliphatic hydroxyl groups is 1. The molecule has 44 heavy (non-hydrogen) atoms. The van der Waals surface area contributed by atoms with Crippen molar-refractivity contribution in [3.05, 3.63) is 53.6 Å². The Kier molecular flexibility index (Phi) is 13.2. The number of sulfone groups is 1. The van der Waals surface area contributed by atoms with Crippen molar-refractivity contribution in [2.45, 2.75) is 95.0 Å². The number of nitrogens with zero attached hydrogens (tertiary/aromatic N) is 1. The number of amides is 2. The summed E-state index contributed by atoms with van der Waals surface area (Å²) in [5.41, 5.74) is 2.03. The highest BCUT2D eigenvalue weighted by atomic mass is 32.2. The van der Waals surface area contributed by atoms with E-state index in [4.69, 9.17) is 4.74 Å². The summed E-state index contributed by atoms with van der Waals surface area (Å²) in [5.74, 6) is -0.832. The number of rotatable bonds is 16. The van der Waals surface area contributed by atoms with Crippen molar-refractivity contribution in [2.24, 2.45) is 5.41 Å². The van der Waals surface area contributed by atoms with Gasteiger partial charge in [-0.25, -0.2) is 8.42 Å². The van der Waals surface area contributed by atoms with Gasteiger partial charge in [0, 0.05) is 56.8 Å². The summed E-state index contributed by atoms with van der Waals surface area (Å²) in [6.45, 7) is 4.26. The highest BCUT2D eigenvalue weighted by Gasteiger charge is 2.49. The van der Waals surface area contributed by atoms with Crippen LogP contribution in [0.2, 0.25) is 0 Å². The predicted octanol–water partition coefficient (Wildman–Crippen LogP) is 5.62. The summed E-state index contributed by atoms with van der Waals surface area (Å²) in [7, 11) is 1.67. The summed E-state index contributed by atoms with van der Waals surface area (Å²) in [6, 6.07) is 12.8. The third kappa shape index (κ3) is 9.05. The minimum absolute atomic E-state index is 0.0389. The van der Waals surface area contributed by atoms with Gasteiger partial charge < -0.3 is 25.4 Å².